The summed E-state index contributed by atoms with van der Waals surface area (Å²) in [6.07, 6.45) is 0. The van der Waals surface area contributed by atoms with Crippen LogP contribution in [0.25, 0.3) is 10.8 Å². The number of nitrogens with one attached hydrogen (secondary N) is 2. The lowest BCUT2D eigenvalue weighted by Crippen LogP contribution is -2.41. The Kier molecular flexibility index (Phi) is 3.00. The van der Waals surface area contributed by atoms with E-state index < -0.39 is 6.04 Å². The molecule has 3 rings (SSSR count). The van der Waals surface area contributed by atoms with Gasteiger partial charge in [0.25, 0.3) is 11.8 Å². The SMILES string of the molecule is Nc1cc2ccccc2cc1C(=O)N[C@@H]1CONC1=O. The first kappa shape index (κ1) is 12.4. The van der Waals surface area contributed by atoms with Crippen molar-refractivity contribution in [2.24, 2.45) is 0 Å². The van der Waals surface area contributed by atoms with Crippen LogP contribution in [0.15, 0.2) is 36.4 Å². The third-order valence-corrected chi connectivity index (χ3v) is 3.21. The van der Waals surface area contributed by atoms with E-state index in [-0.39, 0.29) is 18.4 Å². The van der Waals surface area contributed by atoms with Gasteiger partial charge in [-0.15, -0.1) is 0 Å². The fourth-order valence-electron chi connectivity index (χ4n) is 2.14. The first-order chi connectivity index (χ1) is 9.65. The van der Waals surface area contributed by atoms with Crippen LogP contribution >= 0.6 is 0 Å². The van der Waals surface area contributed by atoms with Gasteiger partial charge in [-0.3, -0.25) is 14.4 Å². The summed E-state index contributed by atoms with van der Waals surface area (Å²) < 4.78 is 0. The van der Waals surface area contributed by atoms with Crippen molar-refractivity contribution in [3.8, 4) is 0 Å². The fourth-order valence-corrected chi connectivity index (χ4v) is 2.14. The summed E-state index contributed by atoms with van der Waals surface area (Å²) in [5, 5.41) is 4.47. The average Bonchev–Trinajstić information content (AvgIpc) is 2.83. The molecule has 20 heavy (non-hydrogen) atoms. The molecule has 102 valence electrons. The molecule has 1 heterocycles. The lowest BCUT2D eigenvalue weighted by atomic mass is 10.0. The number of hydroxylamine groups is 1. The number of benzene rings is 2. The molecule has 6 heteroatoms. The number of anilines is 1. The number of hydrogen-bond acceptors (Lipinski definition) is 4. The summed E-state index contributed by atoms with van der Waals surface area (Å²) in [6, 6.07) is 10.4. The predicted octanol–water partition coefficient (Wildman–Crippen LogP) is 0.582. The molecule has 0 saturated carbocycles. The van der Waals surface area contributed by atoms with E-state index in [4.69, 9.17) is 10.6 Å². The quantitative estimate of drug-likeness (QED) is 0.696. The van der Waals surface area contributed by atoms with Gasteiger partial charge in [0.05, 0.1) is 5.56 Å². The molecule has 1 fully saturated rings. The van der Waals surface area contributed by atoms with E-state index >= 15 is 0 Å². The minimum absolute atomic E-state index is 0.109. The molecule has 0 radical (unpaired) electrons. The predicted molar refractivity (Wildman–Crippen MR) is 73.7 cm³/mol. The Morgan fingerprint density at radius 2 is 2.00 bits per heavy atom. The van der Waals surface area contributed by atoms with Gasteiger partial charge >= 0.3 is 0 Å². The molecule has 0 aliphatic carbocycles. The maximum Gasteiger partial charge on any atom is 0.268 e. The van der Waals surface area contributed by atoms with Crippen LogP contribution in [-0.4, -0.2) is 24.5 Å². The molecule has 1 aliphatic rings. The minimum atomic E-state index is -0.687. The van der Waals surface area contributed by atoms with Gasteiger partial charge in [-0.2, -0.15) is 0 Å². The van der Waals surface area contributed by atoms with Crippen molar-refractivity contribution in [1.82, 2.24) is 10.8 Å². The van der Waals surface area contributed by atoms with Crippen LogP contribution in [-0.2, 0) is 9.63 Å². The van der Waals surface area contributed by atoms with Crippen LogP contribution in [0.4, 0.5) is 5.69 Å². The van der Waals surface area contributed by atoms with E-state index in [9.17, 15) is 9.59 Å². The van der Waals surface area contributed by atoms with Crippen LogP contribution in [0.1, 0.15) is 10.4 Å². The number of carbonyl (C=O) groups is 2. The molecular formula is C14H13N3O3. The number of carbonyl (C=O) groups excluding carboxylic acids is 2. The molecule has 2 aromatic carbocycles. The highest BCUT2D eigenvalue weighted by Crippen LogP contribution is 2.22. The highest BCUT2D eigenvalue weighted by molar-refractivity contribution is 6.05. The Bertz CT molecular complexity index is 699. The summed E-state index contributed by atoms with van der Waals surface area (Å²) >= 11 is 0. The monoisotopic (exact) mass is 271 g/mol. The Labute approximate surface area is 114 Å². The van der Waals surface area contributed by atoms with E-state index in [0.29, 0.717) is 11.3 Å². The summed E-state index contributed by atoms with van der Waals surface area (Å²) in [7, 11) is 0. The highest BCUT2D eigenvalue weighted by atomic mass is 16.7. The van der Waals surface area contributed by atoms with Gasteiger partial charge in [0, 0.05) is 5.69 Å². The largest absolute Gasteiger partial charge is 0.398 e. The third-order valence-electron chi connectivity index (χ3n) is 3.21. The van der Waals surface area contributed by atoms with Crippen molar-refractivity contribution in [2.75, 3.05) is 12.3 Å². The maximum atomic E-state index is 12.2. The van der Waals surface area contributed by atoms with E-state index in [1.807, 2.05) is 24.3 Å². The number of amides is 2. The Hall–Kier alpha value is -2.60. The van der Waals surface area contributed by atoms with Gasteiger partial charge in [-0.1, -0.05) is 24.3 Å². The molecule has 4 N–H and O–H groups in total. The molecule has 1 saturated heterocycles. The lowest BCUT2D eigenvalue weighted by molar-refractivity contribution is -0.125. The molecule has 1 aliphatic heterocycles. The van der Waals surface area contributed by atoms with E-state index in [1.54, 1.807) is 12.1 Å². The van der Waals surface area contributed by atoms with E-state index in [1.165, 1.54) is 0 Å². The minimum Gasteiger partial charge on any atom is -0.398 e. The van der Waals surface area contributed by atoms with Gasteiger partial charge < -0.3 is 11.1 Å². The van der Waals surface area contributed by atoms with Gasteiger partial charge in [-0.05, 0) is 22.9 Å². The Morgan fingerprint density at radius 1 is 1.30 bits per heavy atom. The summed E-state index contributed by atoms with van der Waals surface area (Å²) in [6.45, 7) is 0.109. The molecule has 0 aromatic heterocycles. The van der Waals surface area contributed by atoms with Crippen molar-refractivity contribution in [1.29, 1.82) is 0 Å². The highest BCUT2D eigenvalue weighted by Gasteiger charge is 2.27. The Balaban J connectivity index is 1.90. The molecule has 6 nitrogen and oxygen atoms in total. The molecule has 1 atom stereocenters. The fraction of sp³-hybridized carbons (Fsp3) is 0.143. The van der Waals surface area contributed by atoms with Crippen LogP contribution < -0.4 is 16.5 Å². The summed E-state index contributed by atoms with van der Waals surface area (Å²) in [5.74, 6) is -0.753. The van der Waals surface area contributed by atoms with Crippen molar-refractivity contribution in [3.05, 3.63) is 42.0 Å². The second kappa shape index (κ2) is 4.82. The maximum absolute atomic E-state index is 12.2. The number of nitrogens with two attached hydrogens (primary N) is 1. The average molecular weight is 271 g/mol. The zero-order valence-corrected chi connectivity index (χ0v) is 10.6. The molecule has 0 unspecified atom stereocenters. The van der Waals surface area contributed by atoms with E-state index in [0.717, 1.165) is 10.8 Å². The molecule has 2 amide bonds. The van der Waals surface area contributed by atoms with Crippen LogP contribution in [0.3, 0.4) is 0 Å². The lowest BCUT2D eigenvalue weighted by Gasteiger charge is -2.11. The van der Waals surface area contributed by atoms with Crippen LogP contribution in [0, 0.1) is 0 Å². The Morgan fingerprint density at radius 3 is 2.65 bits per heavy atom. The number of hydrogen-bond donors (Lipinski definition) is 3. The molecule has 2 aromatic rings. The second-order valence-electron chi connectivity index (χ2n) is 4.59. The van der Waals surface area contributed by atoms with Gasteiger partial charge in [0.15, 0.2) is 0 Å². The van der Waals surface area contributed by atoms with Crippen molar-refractivity contribution >= 4 is 28.3 Å². The first-order valence-electron chi connectivity index (χ1n) is 6.16. The topological polar surface area (TPSA) is 93.5 Å². The van der Waals surface area contributed by atoms with Gasteiger partial charge in [0.2, 0.25) is 0 Å². The number of nitrogen functional groups attached to an aromatic ring is 1. The molecule has 0 bridgehead atoms. The van der Waals surface area contributed by atoms with Crippen molar-refractivity contribution in [2.45, 2.75) is 6.04 Å². The summed E-state index contributed by atoms with van der Waals surface area (Å²) in [5.41, 5.74) is 8.82. The summed E-state index contributed by atoms with van der Waals surface area (Å²) in [4.78, 5) is 28.3. The zero-order valence-electron chi connectivity index (χ0n) is 10.6. The van der Waals surface area contributed by atoms with Crippen molar-refractivity contribution < 1.29 is 14.4 Å². The first-order valence-corrected chi connectivity index (χ1v) is 6.16. The van der Waals surface area contributed by atoms with E-state index in [2.05, 4.69) is 10.8 Å². The molecular weight excluding hydrogens is 258 g/mol. The third kappa shape index (κ3) is 2.17. The second-order valence-corrected chi connectivity index (χ2v) is 4.59. The zero-order chi connectivity index (χ0) is 14.1. The van der Waals surface area contributed by atoms with Crippen molar-refractivity contribution in [3.63, 3.8) is 0 Å². The standard InChI is InChI=1S/C14H13N3O3/c15-11-6-9-4-2-1-3-8(9)5-10(11)13(18)16-12-7-20-17-14(12)19/h1-6,12H,7,15H2,(H,16,18)(H,17,19)/t12-/m1/s1. The smallest absolute Gasteiger partial charge is 0.268 e. The van der Waals surface area contributed by atoms with Crippen LogP contribution in [0.2, 0.25) is 0 Å². The van der Waals surface area contributed by atoms with Crippen LogP contribution in [0.5, 0.6) is 0 Å². The molecule has 0 spiro atoms. The normalized spacial score (nSPS) is 18.0. The number of fused-ring (bicyclic) bond motifs is 1. The van der Waals surface area contributed by atoms with Gasteiger partial charge in [-0.25, -0.2) is 5.48 Å². The van der Waals surface area contributed by atoms with Gasteiger partial charge in [0.1, 0.15) is 12.6 Å². The number of rotatable bonds is 2.